The maximum atomic E-state index is 5.38. The monoisotopic (exact) mass is 414 g/mol. The molecule has 5 rings (SSSR count). The summed E-state index contributed by atoms with van der Waals surface area (Å²) >= 11 is 5.38. The van der Waals surface area contributed by atoms with Crippen LogP contribution in [-0.2, 0) is 0 Å². The predicted octanol–water partition coefficient (Wildman–Crippen LogP) is 5.99. The second-order valence-corrected chi connectivity index (χ2v) is 7.53. The highest BCUT2D eigenvalue weighted by Gasteiger charge is 2.11. The van der Waals surface area contributed by atoms with Gasteiger partial charge in [-0.3, -0.25) is 0 Å². The largest absolute Gasteiger partial charge is 0.249 e. The molecule has 5 heteroatoms. The van der Waals surface area contributed by atoms with Crippen molar-refractivity contribution in [3.05, 3.63) is 95.7 Å². The van der Waals surface area contributed by atoms with E-state index >= 15 is 0 Å². The van der Waals surface area contributed by atoms with Gasteiger partial charge >= 0.3 is 0 Å². The Morgan fingerprint density at radius 1 is 0.533 bits per heavy atom. The maximum Gasteiger partial charge on any atom is 0.0659 e. The molecule has 0 atom stereocenters. The number of rotatable bonds is 3. The van der Waals surface area contributed by atoms with Crippen molar-refractivity contribution in [2.45, 2.75) is 26.2 Å². The summed E-state index contributed by atoms with van der Waals surface area (Å²) in [5, 5.41) is 0. The van der Waals surface area contributed by atoms with E-state index < -0.39 is 0 Å². The minimum atomic E-state index is 0.827. The van der Waals surface area contributed by atoms with Crippen LogP contribution < -0.4 is 0 Å². The summed E-state index contributed by atoms with van der Waals surface area (Å²) in [5.41, 5.74) is 7.15. The van der Waals surface area contributed by atoms with E-state index in [1.165, 1.54) is 19.3 Å². The lowest BCUT2D eigenvalue weighted by atomic mass is 10.2. The third-order valence-electron chi connectivity index (χ3n) is 4.65. The zero-order valence-electron chi connectivity index (χ0n) is 16.9. The quantitative estimate of drug-likeness (QED) is 0.402. The Bertz CT molecular complexity index is 908. The average molecular weight is 415 g/mol. The molecule has 8 bridgehead atoms. The molecule has 0 saturated heterocycles. The fourth-order valence-corrected chi connectivity index (χ4v) is 3.36. The number of fused-ring (bicyclic) bond motifs is 4. The minimum absolute atomic E-state index is 0.827. The van der Waals surface area contributed by atoms with Crippen LogP contribution >= 0.6 is 11.6 Å². The van der Waals surface area contributed by atoms with E-state index in [-0.39, 0.29) is 0 Å². The fourth-order valence-electron chi connectivity index (χ4n) is 3.17. The van der Waals surface area contributed by atoms with Gasteiger partial charge in [0.2, 0.25) is 0 Å². The summed E-state index contributed by atoms with van der Waals surface area (Å²) in [6, 6.07) is 0. The molecule has 0 fully saturated rings. The summed E-state index contributed by atoms with van der Waals surface area (Å²) in [6.07, 6.45) is 27.5. The van der Waals surface area contributed by atoms with Gasteiger partial charge in [0, 0.05) is 5.88 Å². The number of halogens is 1. The fraction of sp³-hybridized carbons (Fsp3) is 0.200. The number of alkyl halides is 1. The van der Waals surface area contributed by atoms with Gasteiger partial charge in [-0.1, -0.05) is 19.8 Å². The van der Waals surface area contributed by atoms with E-state index in [9.17, 15) is 0 Å². The molecule has 30 heavy (non-hydrogen) atoms. The highest BCUT2D eigenvalue weighted by molar-refractivity contribution is 6.17. The first kappa shape index (κ1) is 20.2. The smallest absolute Gasteiger partial charge is 0.0659 e. The Balaban J connectivity index is 0.000000322. The van der Waals surface area contributed by atoms with Gasteiger partial charge in [0.05, 0.1) is 45.6 Å². The predicted molar refractivity (Wildman–Crippen MR) is 129 cm³/mol. The van der Waals surface area contributed by atoms with Crippen molar-refractivity contribution >= 4 is 34.4 Å². The van der Waals surface area contributed by atoms with Crippen molar-refractivity contribution in [2.75, 3.05) is 5.88 Å². The molecule has 0 amide bonds. The Morgan fingerprint density at radius 3 is 1.10 bits per heavy atom. The van der Waals surface area contributed by atoms with E-state index in [1.54, 1.807) is 0 Å². The zero-order chi connectivity index (χ0) is 20.8. The van der Waals surface area contributed by atoms with Crippen molar-refractivity contribution < 1.29 is 0 Å². The Hall–Kier alpha value is -3.11. The highest BCUT2D eigenvalue weighted by atomic mass is 35.5. The zero-order valence-corrected chi connectivity index (χ0v) is 17.7. The summed E-state index contributed by atoms with van der Waals surface area (Å²) in [7, 11) is 0. The van der Waals surface area contributed by atoms with Crippen LogP contribution in [0.4, 0.5) is 0 Å². The van der Waals surface area contributed by atoms with E-state index in [4.69, 9.17) is 11.6 Å². The summed E-state index contributed by atoms with van der Waals surface area (Å²) < 4.78 is 0. The van der Waals surface area contributed by atoms with Crippen molar-refractivity contribution in [1.29, 1.82) is 0 Å². The molecule has 0 aromatic heterocycles. The summed E-state index contributed by atoms with van der Waals surface area (Å²) in [6.45, 7) is 2.17. The van der Waals surface area contributed by atoms with Gasteiger partial charge in [-0.05, 0) is 79.3 Å². The van der Waals surface area contributed by atoms with Crippen LogP contribution in [0.1, 0.15) is 26.2 Å². The summed E-state index contributed by atoms with van der Waals surface area (Å²) in [5.74, 6) is 0.827. The van der Waals surface area contributed by atoms with Crippen LogP contribution in [0, 0.1) is 0 Å². The molecule has 0 unspecified atom stereocenters. The second kappa shape index (κ2) is 9.59. The van der Waals surface area contributed by atoms with Gasteiger partial charge in [-0.15, -0.1) is 11.6 Å². The molecule has 5 aliphatic heterocycles. The lowest BCUT2D eigenvalue weighted by Gasteiger charge is -1.94. The molecule has 0 aromatic rings. The van der Waals surface area contributed by atoms with Crippen molar-refractivity contribution in [3.63, 3.8) is 0 Å². The first-order chi connectivity index (χ1) is 14.7. The normalized spacial score (nSPS) is 19.9. The molecule has 0 radical (unpaired) electrons. The Labute approximate surface area is 182 Å². The number of nitrogens with zero attached hydrogens (tertiary/aromatic N) is 4. The molecule has 4 nitrogen and oxygen atoms in total. The van der Waals surface area contributed by atoms with Crippen LogP contribution in [0.3, 0.4) is 0 Å². The van der Waals surface area contributed by atoms with Gasteiger partial charge in [-0.25, -0.2) is 20.0 Å². The van der Waals surface area contributed by atoms with Crippen LogP contribution in [0.5, 0.6) is 0 Å². The standard InChI is InChI=1S/C20H12N4.C5H11Cl/c1-2-14-10-16-5-6-18(23-16)12-20-8-7-19(24-20)11-17-4-3-15(22-17)9-13(1)21-14;1-2-3-4-5-6/h1-12H;2-5H2,1H3. The first-order valence-corrected chi connectivity index (χ1v) is 10.7. The van der Waals surface area contributed by atoms with Gasteiger partial charge in [0.15, 0.2) is 0 Å². The highest BCUT2D eigenvalue weighted by Crippen LogP contribution is 2.20. The van der Waals surface area contributed by atoms with E-state index in [0.29, 0.717) is 0 Å². The molecule has 0 spiro atoms. The van der Waals surface area contributed by atoms with Gasteiger partial charge in [0.25, 0.3) is 0 Å². The SMILES string of the molecule is C1=CC2=NC1=CC1=NC(=CC3=NC(=CC4=NC(=C2)C=C4)C=C3)C=C1.CCCCCCl. The van der Waals surface area contributed by atoms with Crippen molar-refractivity contribution in [1.82, 2.24) is 0 Å². The minimum Gasteiger partial charge on any atom is -0.249 e. The number of aliphatic imine (C=N–C) groups is 4. The number of allylic oxidation sites excluding steroid dienone is 12. The van der Waals surface area contributed by atoms with Crippen LogP contribution in [0.15, 0.2) is 116 Å². The third-order valence-corrected chi connectivity index (χ3v) is 4.92. The number of hydrogen-bond acceptors (Lipinski definition) is 4. The number of unbranched alkanes of at least 4 members (excludes halogenated alkanes) is 2. The van der Waals surface area contributed by atoms with Crippen LogP contribution in [-0.4, -0.2) is 28.7 Å². The molecule has 150 valence electrons. The third kappa shape index (κ3) is 5.28. The number of hydrogen-bond donors (Lipinski definition) is 0. The lowest BCUT2D eigenvalue weighted by molar-refractivity contribution is 0.776. The molecule has 5 aliphatic rings. The topological polar surface area (TPSA) is 49.4 Å². The van der Waals surface area contributed by atoms with Crippen molar-refractivity contribution in [2.24, 2.45) is 20.0 Å². The van der Waals surface area contributed by atoms with Gasteiger partial charge in [-0.2, -0.15) is 0 Å². The van der Waals surface area contributed by atoms with E-state index in [0.717, 1.165) is 51.5 Å². The molecular weight excluding hydrogens is 392 g/mol. The van der Waals surface area contributed by atoms with E-state index in [2.05, 4.69) is 26.9 Å². The van der Waals surface area contributed by atoms with Crippen molar-refractivity contribution in [3.8, 4) is 0 Å². The van der Waals surface area contributed by atoms with Gasteiger partial charge < -0.3 is 0 Å². The van der Waals surface area contributed by atoms with E-state index in [1.807, 2.05) is 72.9 Å². The summed E-state index contributed by atoms with van der Waals surface area (Å²) in [4.78, 5) is 18.4. The lowest BCUT2D eigenvalue weighted by Crippen LogP contribution is -1.89. The second-order valence-electron chi connectivity index (χ2n) is 7.15. The van der Waals surface area contributed by atoms with Crippen LogP contribution in [0.2, 0.25) is 0 Å². The van der Waals surface area contributed by atoms with Gasteiger partial charge in [0.1, 0.15) is 0 Å². The Morgan fingerprint density at radius 2 is 0.867 bits per heavy atom. The molecule has 0 aromatic carbocycles. The molecule has 5 heterocycles. The average Bonchev–Trinajstić information content (AvgIpc) is 3.52. The van der Waals surface area contributed by atoms with Crippen LogP contribution in [0.25, 0.3) is 0 Å². The first-order valence-electron chi connectivity index (χ1n) is 10.2. The molecule has 0 saturated carbocycles. The maximum absolute atomic E-state index is 5.38. The molecular formula is C25H23ClN4. The molecule has 0 aliphatic carbocycles. The molecule has 0 N–H and O–H groups in total. The Kier molecular flexibility index (Phi) is 6.45.